The van der Waals surface area contributed by atoms with Gasteiger partial charge in [-0.05, 0) is 51.4 Å². The Hall–Kier alpha value is -1.46. The van der Waals surface area contributed by atoms with Gasteiger partial charge in [0.05, 0.1) is 0 Å². The molecule has 2 aromatic heterocycles. The molecule has 0 saturated carbocycles. The first kappa shape index (κ1) is 14.2. The zero-order valence-electron chi connectivity index (χ0n) is 13.2. The zero-order valence-corrected chi connectivity index (χ0v) is 13.2. The maximum absolute atomic E-state index is 5.54. The second kappa shape index (κ2) is 5.97. The van der Waals surface area contributed by atoms with Gasteiger partial charge in [0.25, 0.3) is 0 Å². The predicted octanol–water partition coefficient (Wildman–Crippen LogP) is 2.59. The van der Waals surface area contributed by atoms with Crippen LogP contribution in [0, 0.1) is 0 Å². The number of nitrogens with zero attached hydrogens (tertiary/aromatic N) is 4. The number of likely N-dealkylation sites (tertiary alicyclic amines) is 1. The molecule has 2 fully saturated rings. The Kier molecular flexibility index (Phi) is 3.84. The van der Waals surface area contributed by atoms with Crippen molar-refractivity contribution in [3.8, 4) is 0 Å². The summed E-state index contributed by atoms with van der Waals surface area (Å²) in [6, 6.07) is 4.57. The first-order valence-corrected chi connectivity index (χ1v) is 8.42. The molecule has 1 unspecified atom stereocenters. The predicted molar refractivity (Wildman–Crippen MR) is 86.1 cm³/mol. The molecule has 4 heterocycles. The molecule has 0 N–H and O–H groups in total. The third-order valence-electron chi connectivity index (χ3n) is 5.03. The third kappa shape index (κ3) is 2.52. The van der Waals surface area contributed by atoms with E-state index < -0.39 is 0 Å². The summed E-state index contributed by atoms with van der Waals surface area (Å²) in [4.78, 5) is 12.0. The van der Waals surface area contributed by atoms with E-state index in [4.69, 9.17) is 9.72 Å². The van der Waals surface area contributed by atoms with Gasteiger partial charge in [-0.15, -0.1) is 0 Å². The number of hydrogen-bond donors (Lipinski definition) is 0. The van der Waals surface area contributed by atoms with Crippen LogP contribution in [0.2, 0.25) is 0 Å². The summed E-state index contributed by atoms with van der Waals surface area (Å²) < 4.78 is 7.98. The SMILES string of the molecule is CN1CCCC(n2c(C3CCOCC3)nc3cccnc32)C1. The molecule has 0 bridgehead atoms. The number of ether oxygens (including phenoxy) is 1. The summed E-state index contributed by atoms with van der Waals surface area (Å²) in [5.74, 6) is 1.74. The van der Waals surface area contributed by atoms with Crippen molar-refractivity contribution in [2.45, 2.75) is 37.6 Å². The number of aromatic nitrogens is 3. The summed E-state index contributed by atoms with van der Waals surface area (Å²) in [6.07, 6.45) is 6.52. The number of likely N-dealkylation sites (N-methyl/N-ethyl adjacent to an activating group) is 1. The Balaban J connectivity index is 1.78. The Morgan fingerprint density at radius 2 is 2.09 bits per heavy atom. The van der Waals surface area contributed by atoms with Crippen LogP contribution in [0.3, 0.4) is 0 Å². The van der Waals surface area contributed by atoms with Crippen molar-refractivity contribution >= 4 is 11.2 Å². The normalized spacial score (nSPS) is 24.9. The van der Waals surface area contributed by atoms with Gasteiger partial charge in [0, 0.05) is 37.9 Å². The first-order chi connectivity index (χ1) is 10.8. The molecule has 5 nitrogen and oxygen atoms in total. The molecule has 0 amide bonds. The average Bonchev–Trinajstić information content (AvgIpc) is 2.95. The van der Waals surface area contributed by atoms with E-state index >= 15 is 0 Å². The summed E-state index contributed by atoms with van der Waals surface area (Å²) in [5.41, 5.74) is 2.10. The lowest BCUT2D eigenvalue weighted by molar-refractivity contribution is 0.0818. The second-order valence-corrected chi connectivity index (χ2v) is 6.63. The first-order valence-electron chi connectivity index (χ1n) is 8.42. The van der Waals surface area contributed by atoms with Crippen LogP contribution in [0.15, 0.2) is 18.3 Å². The average molecular weight is 300 g/mol. The zero-order chi connectivity index (χ0) is 14.9. The lowest BCUT2D eigenvalue weighted by Gasteiger charge is -2.33. The third-order valence-corrected chi connectivity index (χ3v) is 5.03. The van der Waals surface area contributed by atoms with Gasteiger partial charge in [-0.3, -0.25) is 0 Å². The van der Waals surface area contributed by atoms with E-state index in [9.17, 15) is 0 Å². The molecule has 1 atom stereocenters. The molecule has 4 rings (SSSR count). The van der Waals surface area contributed by atoms with Crippen LogP contribution in [0.1, 0.15) is 43.5 Å². The number of hydrogen-bond acceptors (Lipinski definition) is 4. The van der Waals surface area contributed by atoms with E-state index in [1.807, 2.05) is 12.3 Å². The fourth-order valence-electron chi connectivity index (χ4n) is 3.90. The molecular weight excluding hydrogens is 276 g/mol. The van der Waals surface area contributed by atoms with Gasteiger partial charge in [-0.25, -0.2) is 9.97 Å². The molecular formula is C17H24N4O. The van der Waals surface area contributed by atoms with Crippen molar-refractivity contribution in [3.05, 3.63) is 24.2 Å². The minimum Gasteiger partial charge on any atom is -0.381 e. The molecule has 0 radical (unpaired) electrons. The quantitative estimate of drug-likeness (QED) is 0.855. The number of piperidine rings is 1. The van der Waals surface area contributed by atoms with Crippen LogP contribution >= 0.6 is 0 Å². The minimum atomic E-state index is 0.497. The van der Waals surface area contributed by atoms with Crippen molar-refractivity contribution in [1.82, 2.24) is 19.4 Å². The monoisotopic (exact) mass is 300 g/mol. The molecule has 0 aromatic carbocycles. The Morgan fingerprint density at radius 3 is 2.91 bits per heavy atom. The van der Waals surface area contributed by atoms with Gasteiger partial charge < -0.3 is 14.2 Å². The number of rotatable bonds is 2. The molecule has 2 saturated heterocycles. The van der Waals surface area contributed by atoms with E-state index in [1.54, 1.807) is 0 Å². The minimum absolute atomic E-state index is 0.497. The molecule has 118 valence electrons. The standard InChI is InChI=1S/C17H24N4O/c1-20-9-3-4-14(12-20)21-16(13-6-10-22-11-7-13)19-15-5-2-8-18-17(15)21/h2,5,8,13-14H,3-4,6-7,9-12H2,1H3. The second-order valence-electron chi connectivity index (χ2n) is 6.63. The fourth-order valence-corrected chi connectivity index (χ4v) is 3.90. The fraction of sp³-hybridized carbons (Fsp3) is 0.647. The van der Waals surface area contributed by atoms with E-state index in [1.165, 1.54) is 25.2 Å². The maximum Gasteiger partial charge on any atom is 0.160 e. The molecule has 0 aliphatic carbocycles. The molecule has 2 aliphatic rings. The topological polar surface area (TPSA) is 43.2 Å². The number of imidazole rings is 1. The number of fused-ring (bicyclic) bond motifs is 1. The Bertz CT molecular complexity index is 647. The van der Waals surface area contributed by atoms with Gasteiger partial charge in [0.1, 0.15) is 11.3 Å². The molecule has 22 heavy (non-hydrogen) atoms. The van der Waals surface area contributed by atoms with Gasteiger partial charge in [0.2, 0.25) is 0 Å². The van der Waals surface area contributed by atoms with E-state index in [0.717, 1.165) is 43.8 Å². The highest BCUT2D eigenvalue weighted by Crippen LogP contribution is 2.33. The maximum atomic E-state index is 5.54. The van der Waals surface area contributed by atoms with Crippen molar-refractivity contribution < 1.29 is 4.74 Å². The van der Waals surface area contributed by atoms with Gasteiger partial charge in [0.15, 0.2) is 5.65 Å². The van der Waals surface area contributed by atoms with Gasteiger partial charge in [-0.1, -0.05) is 0 Å². The van der Waals surface area contributed by atoms with Crippen LogP contribution in [0.25, 0.3) is 11.2 Å². The van der Waals surface area contributed by atoms with Crippen molar-refractivity contribution in [1.29, 1.82) is 0 Å². The molecule has 5 heteroatoms. The van der Waals surface area contributed by atoms with Crippen LogP contribution in [0.4, 0.5) is 0 Å². The van der Waals surface area contributed by atoms with Crippen LogP contribution in [-0.2, 0) is 4.74 Å². The summed E-state index contributed by atoms with van der Waals surface area (Å²) in [7, 11) is 2.22. The lowest BCUT2D eigenvalue weighted by Crippen LogP contribution is -2.34. The van der Waals surface area contributed by atoms with E-state index in [-0.39, 0.29) is 0 Å². The van der Waals surface area contributed by atoms with Crippen LogP contribution in [-0.4, -0.2) is 52.8 Å². The number of pyridine rings is 1. The summed E-state index contributed by atoms with van der Waals surface area (Å²) >= 11 is 0. The van der Waals surface area contributed by atoms with E-state index in [0.29, 0.717) is 12.0 Å². The highest BCUT2D eigenvalue weighted by Gasteiger charge is 2.28. The van der Waals surface area contributed by atoms with Crippen LogP contribution < -0.4 is 0 Å². The van der Waals surface area contributed by atoms with Crippen molar-refractivity contribution in [2.75, 3.05) is 33.4 Å². The highest BCUT2D eigenvalue weighted by molar-refractivity contribution is 5.71. The summed E-state index contributed by atoms with van der Waals surface area (Å²) in [6.45, 7) is 4.00. The summed E-state index contributed by atoms with van der Waals surface area (Å²) in [5, 5.41) is 0. The Labute approximate surface area is 131 Å². The van der Waals surface area contributed by atoms with Gasteiger partial charge >= 0.3 is 0 Å². The largest absolute Gasteiger partial charge is 0.381 e. The van der Waals surface area contributed by atoms with Crippen molar-refractivity contribution in [3.63, 3.8) is 0 Å². The van der Waals surface area contributed by atoms with E-state index in [2.05, 4.69) is 27.6 Å². The molecule has 2 aromatic rings. The molecule has 2 aliphatic heterocycles. The smallest absolute Gasteiger partial charge is 0.160 e. The highest BCUT2D eigenvalue weighted by atomic mass is 16.5. The van der Waals surface area contributed by atoms with Gasteiger partial charge in [-0.2, -0.15) is 0 Å². The van der Waals surface area contributed by atoms with Crippen molar-refractivity contribution in [2.24, 2.45) is 0 Å². The Morgan fingerprint density at radius 1 is 1.23 bits per heavy atom. The lowest BCUT2D eigenvalue weighted by atomic mass is 9.98. The molecule has 0 spiro atoms. The van der Waals surface area contributed by atoms with Crippen LogP contribution in [0.5, 0.6) is 0 Å².